The number of pyridine rings is 1. The Bertz CT molecular complexity index is 1230. The second-order valence-corrected chi connectivity index (χ2v) is 8.45. The number of carbonyl (C=O) groups is 1. The minimum absolute atomic E-state index is 0.000990. The summed E-state index contributed by atoms with van der Waals surface area (Å²) < 4.78 is 31.0. The lowest BCUT2D eigenvalue weighted by Crippen LogP contribution is -2.41. The second-order valence-electron chi connectivity index (χ2n) is 8.04. The molecule has 2 amide bonds. The number of anilines is 4. The van der Waals surface area contributed by atoms with Gasteiger partial charge in [-0.1, -0.05) is 11.6 Å². The van der Waals surface area contributed by atoms with Crippen molar-refractivity contribution in [1.82, 2.24) is 10.3 Å². The van der Waals surface area contributed by atoms with Crippen LogP contribution >= 0.6 is 11.6 Å². The van der Waals surface area contributed by atoms with Gasteiger partial charge in [-0.25, -0.2) is 18.6 Å². The number of nitrogens with one attached hydrogen (secondary N) is 2. The number of rotatable bonds is 8. The van der Waals surface area contributed by atoms with Crippen LogP contribution in [0.25, 0.3) is 11.1 Å². The summed E-state index contributed by atoms with van der Waals surface area (Å²) >= 11 is 6.41. The molecule has 0 saturated carbocycles. The first kappa shape index (κ1) is 24.8. The van der Waals surface area contributed by atoms with Gasteiger partial charge in [0.2, 0.25) is 0 Å². The Morgan fingerprint density at radius 2 is 1.83 bits per heavy atom. The minimum Gasteiger partial charge on any atom is -0.395 e. The van der Waals surface area contributed by atoms with Gasteiger partial charge in [-0.05, 0) is 55.8 Å². The van der Waals surface area contributed by atoms with Crippen LogP contribution in [-0.2, 0) is 0 Å². The molecule has 1 aliphatic heterocycles. The van der Waals surface area contributed by atoms with E-state index in [4.69, 9.17) is 16.7 Å². The summed E-state index contributed by atoms with van der Waals surface area (Å²) in [5.74, 6) is -1.40. The van der Waals surface area contributed by atoms with Gasteiger partial charge in [0, 0.05) is 54.2 Å². The standard InChI is InChI=1S/C25H26ClF2N5O2/c1-3-32-24-17(5-4-6-31-24)18-11-15(2)19(26)14-22(18)33(25(32)35)23-20(27)12-16(13-21(23)28)30-8-7-29-9-10-34/h4-6,11-14,29-30,34H,3,7-10H2,1-2H3. The van der Waals surface area contributed by atoms with Gasteiger partial charge in [-0.15, -0.1) is 0 Å². The highest BCUT2D eigenvalue weighted by Crippen LogP contribution is 2.46. The third-order valence-corrected chi connectivity index (χ3v) is 6.16. The van der Waals surface area contributed by atoms with Crippen molar-refractivity contribution >= 4 is 40.5 Å². The lowest BCUT2D eigenvalue weighted by molar-refractivity contribution is 0.253. The SMILES string of the molecule is CCN1C(=O)N(c2c(F)cc(NCCNCCO)cc2F)c2cc(Cl)c(C)cc2-c2cccnc21. The highest BCUT2D eigenvalue weighted by Gasteiger charge is 2.36. The molecular formula is C25H26ClF2N5O2. The number of benzene rings is 2. The molecule has 2 heterocycles. The average molecular weight is 502 g/mol. The van der Waals surface area contributed by atoms with Crippen molar-refractivity contribution in [3.8, 4) is 11.1 Å². The number of aliphatic hydroxyl groups excluding tert-OH is 1. The molecule has 0 saturated heterocycles. The van der Waals surface area contributed by atoms with E-state index in [2.05, 4.69) is 15.6 Å². The number of carbonyl (C=O) groups excluding carboxylic acids is 1. The Balaban J connectivity index is 1.83. The van der Waals surface area contributed by atoms with E-state index in [-0.39, 0.29) is 24.5 Å². The van der Waals surface area contributed by atoms with Gasteiger partial charge in [0.05, 0.1) is 12.3 Å². The van der Waals surface area contributed by atoms with Gasteiger partial charge in [0.15, 0.2) is 11.6 Å². The van der Waals surface area contributed by atoms with Crippen molar-refractivity contribution in [2.24, 2.45) is 0 Å². The molecule has 10 heteroatoms. The number of aromatic nitrogens is 1. The number of urea groups is 1. The second kappa shape index (κ2) is 10.6. The molecule has 35 heavy (non-hydrogen) atoms. The van der Waals surface area contributed by atoms with E-state index in [1.54, 1.807) is 31.3 Å². The first-order valence-corrected chi connectivity index (χ1v) is 11.7. The lowest BCUT2D eigenvalue weighted by atomic mass is 10.0. The van der Waals surface area contributed by atoms with Crippen molar-refractivity contribution < 1.29 is 18.7 Å². The van der Waals surface area contributed by atoms with Crippen molar-refractivity contribution in [3.05, 3.63) is 64.8 Å². The van der Waals surface area contributed by atoms with Crippen LogP contribution in [0.1, 0.15) is 12.5 Å². The maximum absolute atomic E-state index is 15.5. The van der Waals surface area contributed by atoms with Crippen molar-refractivity contribution in [1.29, 1.82) is 0 Å². The van der Waals surface area contributed by atoms with Crippen LogP contribution in [0, 0.1) is 18.6 Å². The third kappa shape index (κ3) is 4.80. The first-order valence-electron chi connectivity index (χ1n) is 11.3. The van der Waals surface area contributed by atoms with Crippen molar-refractivity contribution in [2.75, 3.05) is 47.9 Å². The van der Waals surface area contributed by atoms with Crippen LogP contribution < -0.4 is 20.4 Å². The van der Waals surface area contributed by atoms with Gasteiger partial charge in [-0.3, -0.25) is 9.80 Å². The lowest BCUT2D eigenvalue weighted by Gasteiger charge is -2.28. The third-order valence-electron chi connectivity index (χ3n) is 5.75. The number of halogens is 3. The van der Waals surface area contributed by atoms with E-state index in [1.165, 1.54) is 4.90 Å². The Morgan fingerprint density at radius 3 is 2.51 bits per heavy atom. The Labute approximate surface area is 207 Å². The van der Waals surface area contributed by atoms with Crippen LogP contribution in [0.3, 0.4) is 0 Å². The fourth-order valence-electron chi connectivity index (χ4n) is 4.09. The van der Waals surface area contributed by atoms with Crippen LogP contribution in [0.2, 0.25) is 5.02 Å². The highest BCUT2D eigenvalue weighted by atomic mass is 35.5. The molecule has 1 aliphatic rings. The van der Waals surface area contributed by atoms with Crippen molar-refractivity contribution in [2.45, 2.75) is 13.8 Å². The zero-order valence-electron chi connectivity index (χ0n) is 19.4. The summed E-state index contributed by atoms with van der Waals surface area (Å²) in [7, 11) is 0. The summed E-state index contributed by atoms with van der Waals surface area (Å²) in [6.07, 6.45) is 1.57. The molecular weight excluding hydrogens is 476 g/mol. The van der Waals surface area contributed by atoms with E-state index in [0.29, 0.717) is 41.6 Å². The molecule has 0 radical (unpaired) electrons. The fraction of sp³-hybridized carbons (Fsp3) is 0.280. The predicted octanol–water partition coefficient (Wildman–Crippen LogP) is 5.08. The monoisotopic (exact) mass is 501 g/mol. The van der Waals surface area contributed by atoms with Crippen LogP contribution in [0.15, 0.2) is 42.6 Å². The molecule has 4 rings (SSSR count). The van der Waals surface area contributed by atoms with E-state index in [1.807, 2.05) is 13.0 Å². The van der Waals surface area contributed by atoms with Gasteiger partial charge >= 0.3 is 6.03 Å². The molecule has 0 fully saturated rings. The van der Waals surface area contributed by atoms with Gasteiger partial charge < -0.3 is 15.7 Å². The molecule has 0 bridgehead atoms. The zero-order valence-corrected chi connectivity index (χ0v) is 20.2. The van der Waals surface area contributed by atoms with E-state index in [9.17, 15) is 4.79 Å². The van der Waals surface area contributed by atoms with Crippen LogP contribution in [-0.4, -0.2) is 48.9 Å². The highest BCUT2D eigenvalue weighted by molar-refractivity contribution is 6.32. The molecule has 0 unspecified atom stereocenters. The number of hydrogen-bond acceptors (Lipinski definition) is 5. The summed E-state index contributed by atoms with van der Waals surface area (Å²) in [5.41, 5.74) is 2.02. The molecule has 0 aliphatic carbocycles. The summed E-state index contributed by atoms with van der Waals surface area (Å²) in [4.78, 5) is 20.6. The molecule has 1 aromatic heterocycles. The fourth-order valence-corrected chi connectivity index (χ4v) is 4.25. The Kier molecular flexibility index (Phi) is 7.49. The molecule has 3 aromatic rings. The van der Waals surface area contributed by atoms with Crippen molar-refractivity contribution in [3.63, 3.8) is 0 Å². The van der Waals surface area contributed by atoms with Crippen LogP contribution in [0.5, 0.6) is 0 Å². The quantitative estimate of drug-likeness (QED) is 0.375. The molecule has 7 nitrogen and oxygen atoms in total. The largest absolute Gasteiger partial charge is 0.395 e. The molecule has 184 valence electrons. The Hall–Kier alpha value is -3.27. The minimum atomic E-state index is -0.901. The average Bonchev–Trinajstić information content (AvgIpc) is 2.92. The summed E-state index contributed by atoms with van der Waals surface area (Å²) in [6, 6.07) is 8.58. The topological polar surface area (TPSA) is 80.7 Å². The molecule has 0 atom stereocenters. The number of aryl methyl sites for hydroxylation is 1. The predicted molar refractivity (Wildman–Crippen MR) is 135 cm³/mol. The summed E-state index contributed by atoms with van der Waals surface area (Å²) in [6.45, 7) is 5.15. The smallest absolute Gasteiger partial charge is 0.334 e. The van der Waals surface area contributed by atoms with Gasteiger partial charge in [0.25, 0.3) is 0 Å². The normalized spacial score (nSPS) is 12.9. The number of amides is 2. The number of fused-ring (bicyclic) bond motifs is 3. The number of nitrogens with zero attached hydrogens (tertiary/aromatic N) is 3. The summed E-state index contributed by atoms with van der Waals surface area (Å²) in [5, 5.41) is 15.1. The number of aliphatic hydroxyl groups is 1. The first-order chi connectivity index (χ1) is 16.9. The van der Waals surface area contributed by atoms with Crippen LogP contribution in [0.4, 0.5) is 36.5 Å². The Morgan fingerprint density at radius 1 is 1.09 bits per heavy atom. The number of hydrogen-bond donors (Lipinski definition) is 3. The van der Waals surface area contributed by atoms with Gasteiger partial charge in [0.1, 0.15) is 11.5 Å². The maximum Gasteiger partial charge on any atom is 0.334 e. The maximum atomic E-state index is 15.5. The molecule has 0 spiro atoms. The van der Waals surface area contributed by atoms with E-state index >= 15 is 8.78 Å². The van der Waals surface area contributed by atoms with E-state index < -0.39 is 23.4 Å². The van der Waals surface area contributed by atoms with E-state index in [0.717, 1.165) is 22.6 Å². The zero-order chi connectivity index (χ0) is 25.1. The molecule has 2 aromatic carbocycles. The molecule has 3 N–H and O–H groups in total. The van der Waals surface area contributed by atoms with Gasteiger partial charge in [-0.2, -0.15) is 0 Å².